The Morgan fingerprint density at radius 1 is 1.70 bits per heavy atom. The maximum absolute atomic E-state index is 10.3. The largest absolute Gasteiger partial charge is 0.481 e. The lowest BCUT2D eigenvalue weighted by atomic mass is 10.0. The van der Waals surface area contributed by atoms with E-state index in [1.54, 1.807) is 19.1 Å². The first-order chi connectivity index (χ1) is 4.59. The minimum absolute atomic E-state index is 0.476. The van der Waals surface area contributed by atoms with Crippen molar-refractivity contribution in [2.45, 2.75) is 13.8 Å². The number of aliphatic carboxylic acids is 1. The molecule has 1 atom stereocenters. The Bertz CT molecular complexity index is 168. The number of carboxylic acids is 1. The molecule has 0 spiro atoms. The Labute approximate surface area is 60.9 Å². The van der Waals surface area contributed by atoms with Crippen molar-refractivity contribution in [3.05, 3.63) is 24.3 Å². The molecule has 1 N–H and O–H groups in total. The highest BCUT2D eigenvalue weighted by atomic mass is 16.4. The van der Waals surface area contributed by atoms with Crippen LogP contribution in [0.4, 0.5) is 0 Å². The number of carboxylic acid groups (broad SMARTS) is 1. The number of allylic oxidation sites excluding steroid dienone is 2. The summed E-state index contributed by atoms with van der Waals surface area (Å²) >= 11 is 0. The molecule has 0 heterocycles. The number of carbonyl (C=O) groups is 1. The first-order valence-electron chi connectivity index (χ1n) is 3.14. The first-order valence-corrected chi connectivity index (χ1v) is 3.14. The molecule has 0 radical (unpaired) electrons. The van der Waals surface area contributed by atoms with Crippen LogP contribution in [0, 0.1) is 5.92 Å². The maximum Gasteiger partial charge on any atom is 0.310 e. The van der Waals surface area contributed by atoms with Crippen molar-refractivity contribution < 1.29 is 9.90 Å². The van der Waals surface area contributed by atoms with Crippen LogP contribution in [0.3, 0.4) is 0 Å². The number of hydrogen-bond donors (Lipinski definition) is 1. The Morgan fingerprint density at radius 2 is 2.20 bits per heavy atom. The summed E-state index contributed by atoms with van der Waals surface area (Å²) in [5.41, 5.74) is 0.634. The molecular formula is C8H12O2. The lowest BCUT2D eigenvalue weighted by Gasteiger charge is -2.03. The van der Waals surface area contributed by atoms with Crippen molar-refractivity contribution in [3.63, 3.8) is 0 Å². The fourth-order valence-electron chi connectivity index (χ4n) is 0.517. The Hall–Kier alpha value is -1.05. The van der Waals surface area contributed by atoms with Crippen LogP contribution >= 0.6 is 0 Å². The van der Waals surface area contributed by atoms with Crippen LogP contribution in [-0.4, -0.2) is 11.1 Å². The Morgan fingerprint density at radius 3 is 2.50 bits per heavy atom. The zero-order chi connectivity index (χ0) is 8.15. The smallest absolute Gasteiger partial charge is 0.310 e. The van der Waals surface area contributed by atoms with Crippen LogP contribution < -0.4 is 0 Å². The first kappa shape index (κ1) is 8.95. The molecule has 56 valence electrons. The zero-order valence-corrected chi connectivity index (χ0v) is 6.29. The molecule has 0 amide bonds. The third-order valence-corrected chi connectivity index (χ3v) is 1.31. The van der Waals surface area contributed by atoms with E-state index < -0.39 is 11.9 Å². The lowest BCUT2D eigenvalue weighted by molar-refractivity contribution is -0.139. The molecular weight excluding hydrogens is 128 g/mol. The molecule has 2 nitrogen and oxygen atoms in total. The van der Waals surface area contributed by atoms with Crippen LogP contribution in [0.15, 0.2) is 24.3 Å². The van der Waals surface area contributed by atoms with E-state index in [0.29, 0.717) is 5.57 Å². The van der Waals surface area contributed by atoms with E-state index in [2.05, 4.69) is 6.58 Å². The predicted molar refractivity (Wildman–Crippen MR) is 40.8 cm³/mol. The lowest BCUT2D eigenvalue weighted by Crippen LogP contribution is -2.09. The summed E-state index contributed by atoms with van der Waals surface area (Å²) in [7, 11) is 0. The second kappa shape index (κ2) is 3.88. The van der Waals surface area contributed by atoms with Gasteiger partial charge < -0.3 is 5.11 Å². The van der Waals surface area contributed by atoms with E-state index in [0.717, 1.165) is 0 Å². The fraction of sp³-hybridized carbons (Fsp3) is 0.375. The fourth-order valence-corrected chi connectivity index (χ4v) is 0.517. The van der Waals surface area contributed by atoms with Crippen LogP contribution in [-0.2, 0) is 4.79 Å². The number of rotatable bonds is 3. The van der Waals surface area contributed by atoms with Gasteiger partial charge in [0.25, 0.3) is 0 Å². The average Bonchev–Trinajstić information content (AvgIpc) is 1.87. The van der Waals surface area contributed by atoms with Crippen molar-refractivity contribution in [1.29, 1.82) is 0 Å². The SMILES string of the molecule is C=C(C=CC)C(C)C(=O)O. The van der Waals surface area contributed by atoms with Crippen LogP contribution in [0.2, 0.25) is 0 Å². The van der Waals surface area contributed by atoms with Crippen LogP contribution in [0.5, 0.6) is 0 Å². The third kappa shape index (κ3) is 2.49. The molecule has 0 aromatic carbocycles. The molecule has 10 heavy (non-hydrogen) atoms. The van der Waals surface area contributed by atoms with Gasteiger partial charge in [0.2, 0.25) is 0 Å². The maximum atomic E-state index is 10.3. The van der Waals surface area contributed by atoms with Crippen LogP contribution in [0.25, 0.3) is 0 Å². The second-order valence-electron chi connectivity index (χ2n) is 2.13. The molecule has 0 bridgehead atoms. The van der Waals surface area contributed by atoms with Gasteiger partial charge in [0.05, 0.1) is 5.92 Å². The van der Waals surface area contributed by atoms with Crippen molar-refractivity contribution in [2.24, 2.45) is 5.92 Å². The van der Waals surface area contributed by atoms with Crippen molar-refractivity contribution in [3.8, 4) is 0 Å². The number of hydrogen-bond acceptors (Lipinski definition) is 1. The standard InChI is InChI=1S/C8H12O2/c1-4-5-6(2)7(3)8(9)10/h4-5,7H,2H2,1,3H3,(H,9,10). The van der Waals surface area contributed by atoms with Crippen molar-refractivity contribution >= 4 is 5.97 Å². The van der Waals surface area contributed by atoms with E-state index >= 15 is 0 Å². The Kier molecular flexibility index (Phi) is 3.47. The molecule has 0 saturated heterocycles. The van der Waals surface area contributed by atoms with E-state index in [4.69, 9.17) is 5.11 Å². The quantitative estimate of drug-likeness (QED) is 0.607. The van der Waals surface area contributed by atoms with Gasteiger partial charge >= 0.3 is 5.97 Å². The molecule has 0 aliphatic heterocycles. The molecule has 0 aliphatic carbocycles. The van der Waals surface area contributed by atoms with Gasteiger partial charge in [-0.1, -0.05) is 18.7 Å². The highest BCUT2D eigenvalue weighted by molar-refractivity contribution is 5.73. The normalized spacial score (nSPS) is 13.4. The summed E-state index contributed by atoms with van der Waals surface area (Å²) in [6, 6.07) is 0. The summed E-state index contributed by atoms with van der Waals surface area (Å²) in [5, 5.41) is 8.48. The molecule has 0 aromatic rings. The van der Waals surface area contributed by atoms with Crippen molar-refractivity contribution in [2.75, 3.05) is 0 Å². The van der Waals surface area contributed by atoms with Crippen LogP contribution in [0.1, 0.15) is 13.8 Å². The summed E-state index contributed by atoms with van der Waals surface area (Å²) in [6.45, 7) is 7.05. The molecule has 0 aromatic heterocycles. The van der Waals surface area contributed by atoms with Gasteiger partial charge in [0.1, 0.15) is 0 Å². The van der Waals surface area contributed by atoms with E-state index in [1.165, 1.54) is 0 Å². The van der Waals surface area contributed by atoms with Gasteiger partial charge in [-0.15, -0.1) is 0 Å². The monoisotopic (exact) mass is 140 g/mol. The summed E-state index contributed by atoms with van der Waals surface area (Å²) in [5.74, 6) is -1.31. The second-order valence-corrected chi connectivity index (χ2v) is 2.13. The summed E-state index contributed by atoms with van der Waals surface area (Å²) in [4.78, 5) is 10.3. The summed E-state index contributed by atoms with van der Waals surface area (Å²) < 4.78 is 0. The molecule has 0 saturated carbocycles. The topological polar surface area (TPSA) is 37.3 Å². The third-order valence-electron chi connectivity index (χ3n) is 1.31. The predicted octanol–water partition coefficient (Wildman–Crippen LogP) is 1.84. The van der Waals surface area contributed by atoms with Gasteiger partial charge in [-0.2, -0.15) is 0 Å². The van der Waals surface area contributed by atoms with Gasteiger partial charge in [0, 0.05) is 0 Å². The zero-order valence-electron chi connectivity index (χ0n) is 6.29. The van der Waals surface area contributed by atoms with Gasteiger partial charge in [-0.25, -0.2) is 0 Å². The molecule has 0 aliphatic rings. The molecule has 2 heteroatoms. The van der Waals surface area contributed by atoms with E-state index in [9.17, 15) is 4.79 Å². The minimum atomic E-state index is -0.830. The highest BCUT2D eigenvalue weighted by Crippen LogP contribution is 2.08. The highest BCUT2D eigenvalue weighted by Gasteiger charge is 2.11. The van der Waals surface area contributed by atoms with Gasteiger partial charge in [0.15, 0.2) is 0 Å². The Balaban J connectivity index is 4.08. The van der Waals surface area contributed by atoms with Gasteiger partial charge in [-0.3, -0.25) is 4.79 Å². The van der Waals surface area contributed by atoms with E-state index in [-0.39, 0.29) is 0 Å². The van der Waals surface area contributed by atoms with Crippen molar-refractivity contribution in [1.82, 2.24) is 0 Å². The summed E-state index contributed by atoms with van der Waals surface area (Å²) in [6.07, 6.45) is 3.49. The molecule has 1 unspecified atom stereocenters. The molecule has 0 rings (SSSR count). The molecule has 0 fully saturated rings. The average molecular weight is 140 g/mol. The van der Waals surface area contributed by atoms with Gasteiger partial charge in [-0.05, 0) is 19.4 Å². The van der Waals surface area contributed by atoms with E-state index in [1.807, 2.05) is 6.92 Å². The minimum Gasteiger partial charge on any atom is -0.481 e.